The van der Waals surface area contributed by atoms with E-state index in [1.807, 2.05) is 76.4 Å². The van der Waals surface area contributed by atoms with E-state index in [9.17, 15) is 54.8 Å². The van der Waals surface area contributed by atoms with E-state index in [4.69, 9.17) is 11.5 Å². The van der Waals surface area contributed by atoms with Crippen LogP contribution in [0.2, 0.25) is 0 Å². The number of nitrogens with one attached hydrogen (secondary N) is 2. The number of hydrogen-bond donors (Lipinski definition) is 4. The first-order valence-electron chi connectivity index (χ1n) is 29.9. The van der Waals surface area contributed by atoms with Gasteiger partial charge in [-0.1, -0.05) is 105 Å². The highest BCUT2D eigenvalue weighted by atomic mass is 32.2. The third kappa shape index (κ3) is 16.6. The molecule has 29 heteroatoms. The van der Waals surface area contributed by atoms with Crippen LogP contribution in [-0.4, -0.2) is 65.6 Å². The van der Waals surface area contributed by atoms with Crippen LogP contribution in [0.4, 0.5) is 102 Å². The normalized spacial score (nSPS) is 12.0. The molecule has 0 unspecified atom stereocenters. The van der Waals surface area contributed by atoms with Gasteiger partial charge in [-0.05, 0) is 121 Å². The molecule has 3 amide bonds. The number of nitrogens with zero attached hydrogens (tertiary/aromatic N) is 9. The Hall–Kier alpha value is -11.2. The molecule has 0 radical (unpaired) electrons. The molecule has 0 atom stereocenters. The summed E-state index contributed by atoms with van der Waals surface area (Å²) < 4.78 is 0. The van der Waals surface area contributed by atoms with Crippen molar-refractivity contribution in [3.8, 4) is 0 Å². The van der Waals surface area contributed by atoms with E-state index in [-0.39, 0.29) is 62.8 Å². The van der Waals surface area contributed by atoms with Crippen molar-refractivity contribution in [3.05, 3.63) is 235 Å². The third-order valence-electron chi connectivity index (χ3n) is 15.4. The van der Waals surface area contributed by atoms with Gasteiger partial charge in [-0.2, -0.15) is 0 Å². The SMILES string of the molecule is C.C.C.CC(=O)N1c2ccc(N(C)C)cc2Sc2cc(N(C)C)ccc21.CC(=O)N1c2ccc(N)cc2Sc2cc(N)ccc21.CC(=O)N1c2ccc([N+](=O)[O-])cc2Sc2cc([N+](=O)[O-])ccc21.O=[N+]([O-])c1ccc2c(c1)Sc1cc([N+](=O)[O-])ccc1N2.c1ccc2c(c1)Nc1ccccc1S2. The number of anilines is 14. The number of non-ortho nitro benzene ring substituents is 4. The van der Waals surface area contributed by atoms with Gasteiger partial charge in [0.2, 0.25) is 17.7 Å². The number of benzene rings is 10. The third-order valence-corrected chi connectivity index (χ3v) is 20.9. The number of fused-ring (bicyclic) bond motifs is 10. The van der Waals surface area contributed by atoms with Gasteiger partial charge in [-0.25, -0.2) is 0 Å². The van der Waals surface area contributed by atoms with Gasteiger partial charge in [0.25, 0.3) is 22.7 Å². The lowest BCUT2D eigenvalue weighted by molar-refractivity contribution is -0.385. The van der Waals surface area contributed by atoms with Crippen LogP contribution in [0.15, 0.2) is 243 Å². The van der Waals surface area contributed by atoms with Crippen LogP contribution in [-0.2, 0) is 14.4 Å². The molecule has 15 rings (SSSR count). The number of nitrogen functional groups attached to an aromatic ring is 2. The largest absolute Gasteiger partial charge is 0.399 e. The summed E-state index contributed by atoms with van der Waals surface area (Å²) in [5.74, 6) is -0.282. The van der Waals surface area contributed by atoms with Crippen LogP contribution in [0.3, 0.4) is 0 Å². The summed E-state index contributed by atoms with van der Waals surface area (Å²) in [5.41, 5.74) is 23.6. The minimum atomic E-state index is -0.526. The molecule has 102 heavy (non-hydrogen) atoms. The van der Waals surface area contributed by atoms with Gasteiger partial charge < -0.3 is 31.9 Å². The Balaban J connectivity index is 0.000000162. The fourth-order valence-electron chi connectivity index (χ4n) is 10.7. The highest BCUT2D eigenvalue weighted by Crippen LogP contribution is 2.54. The van der Waals surface area contributed by atoms with Crippen LogP contribution in [0.1, 0.15) is 43.1 Å². The first kappa shape index (κ1) is 76.5. The lowest BCUT2D eigenvalue weighted by Crippen LogP contribution is -2.26. The molecule has 5 aliphatic heterocycles. The van der Waals surface area contributed by atoms with Crippen LogP contribution < -0.4 is 46.6 Å². The molecule has 24 nitrogen and oxygen atoms in total. The van der Waals surface area contributed by atoms with Crippen molar-refractivity contribution in [1.29, 1.82) is 0 Å². The van der Waals surface area contributed by atoms with E-state index in [0.717, 1.165) is 76.8 Å². The summed E-state index contributed by atoms with van der Waals surface area (Å²) >= 11 is 7.56. The Labute approximate surface area is 610 Å². The monoisotopic (exact) mass is 1470 g/mol. The van der Waals surface area contributed by atoms with Gasteiger partial charge >= 0.3 is 0 Å². The van der Waals surface area contributed by atoms with E-state index in [0.29, 0.717) is 42.3 Å². The maximum atomic E-state index is 12.3. The van der Waals surface area contributed by atoms with Crippen LogP contribution in [0.25, 0.3) is 0 Å². The van der Waals surface area contributed by atoms with Crippen LogP contribution in [0.5, 0.6) is 0 Å². The number of para-hydroxylation sites is 2. The van der Waals surface area contributed by atoms with E-state index >= 15 is 0 Å². The number of nitro benzene ring substituents is 4. The van der Waals surface area contributed by atoms with Gasteiger partial charge in [0.05, 0.1) is 76.6 Å². The van der Waals surface area contributed by atoms with Gasteiger partial charge in [-0.3, -0.25) is 69.5 Å². The predicted octanol–water partition coefficient (Wildman–Crippen LogP) is 20.1. The average Bonchev–Trinajstić information content (AvgIpc) is 0.773. The molecule has 0 saturated carbocycles. The average molecular weight is 1470 g/mol. The van der Waals surface area contributed by atoms with Crippen LogP contribution >= 0.6 is 58.8 Å². The Morgan fingerprint density at radius 2 is 0.578 bits per heavy atom. The minimum absolute atomic E-state index is 0. The van der Waals surface area contributed by atoms with Gasteiger partial charge in [-0.15, -0.1) is 0 Å². The molecule has 0 fully saturated rings. The topological polar surface area (TPSA) is 316 Å². The molecular formula is C73H71N13O11S5. The highest BCUT2D eigenvalue weighted by Gasteiger charge is 2.32. The summed E-state index contributed by atoms with van der Waals surface area (Å²) in [7, 11) is 8.10. The number of rotatable bonds is 6. The standard InChI is InChI=1S/C18H21N3OS.C14H9N3O5S.C14H13N3OS.C12H7N3O4S.C12H9NS.3CH4/c1-12(22)21-15-8-6-13(19(2)3)10-17(15)23-18-11-14(20(4)5)7-9-16(18)21;1-8(18)15-11-4-2-9(16(19)20)6-13(11)23-14-7-10(17(21)22)3-5-12(14)15;1-8(18)17-11-4-2-9(15)6-13(11)19-14-7-10(16)3-5-12(14)17;16-14(17)7-1-3-9-11(5-7)20-12-6-8(15(18)19)2-4-10(12)13-9;1-3-7-11-9(5-1)13-10-6-2-4-8-12(10)14-11;;;/h6-11H,1-5H3;2-7H,1H3;2-7H,15-16H2,1H3;1-6,13H;1-8,13H;3*1H4. The molecule has 6 N–H and O–H groups in total. The molecule has 5 heterocycles. The highest BCUT2D eigenvalue weighted by molar-refractivity contribution is 8.00. The fraction of sp³-hybridized carbons (Fsp3) is 0.137. The molecule has 0 aromatic heterocycles. The molecule has 524 valence electrons. The second-order valence-corrected chi connectivity index (χ2v) is 28.0. The fourth-order valence-corrected chi connectivity index (χ4v) is 16.1. The van der Waals surface area contributed by atoms with Gasteiger partial charge in [0.15, 0.2) is 0 Å². The van der Waals surface area contributed by atoms with E-state index in [1.165, 1.54) is 105 Å². The van der Waals surface area contributed by atoms with Crippen LogP contribution in [0, 0.1) is 40.5 Å². The molecule has 10 aromatic rings. The summed E-state index contributed by atoms with van der Waals surface area (Å²) in [6.45, 7) is 4.53. The molecule has 0 bridgehead atoms. The summed E-state index contributed by atoms with van der Waals surface area (Å²) in [6.07, 6.45) is 0. The summed E-state index contributed by atoms with van der Waals surface area (Å²) in [6, 6.07) is 57.7. The molecule has 10 aromatic carbocycles. The number of hydrogen-bond acceptors (Lipinski definition) is 22. The van der Waals surface area contributed by atoms with Crippen molar-refractivity contribution >= 4 is 179 Å². The Morgan fingerprint density at radius 1 is 0.333 bits per heavy atom. The molecule has 5 aliphatic rings. The first-order chi connectivity index (χ1) is 47.3. The van der Waals surface area contributed by atoms with E-state index in [1.54, 1.807) is 71.4 Å². The number of amides is 3. The molecule has 0 saturated heterocycles. The summed E-state index contributed by atoms with van der Waals surface area (Å²) in [5, 5.41) is 49.9. The smallest absolute Gasteiger partial charge is 0.270 e. The first-order valence-corrected chi connectivity index (χ1v) is 34.0. The van der Waals surface area contributed by atoms with Crippen molar-refractivity contribution in [1.82, 2.24) is 0 Å². The predicted molar refractivity (Wildman–Crippen MR) is 414 cm³/mol. The van der Waals surface area contributed by atoms with Gasteiger partial charge in [0.1, 0.15) is 0 Å². The quantitative estimate of drug-likeness (QED) is 0.0683. The maximum Gasteiger partial charge on any atom is 0.270 e. The van der Waals surface area contributed by atoms with E-state index in [2.05, 4.69) is 93.2 Å². The second-order valence-electron chi connectivity index (χ2n) is 22.6. The zero-order valence-corrected chi connectivity index (χ0v) is 57.8. The number of nitro groups is 4. The van der Waals surface area contributed by atoms with Crippen molar-refractivity contribution in [2.45, 2.75) is 92.0 Å². The lowest BCUT2D eigenvalue weighted by Gasteiger charge is -2.32. The minimum Gasteiger partial charge on any atom is -0.399 e. The molecule has 0 spiro atoms. The summed E-state index contributed by atoms with van der Waals surface area (Å²) in [4.78, 5) is 95.7. The Morgan fingerprint density at radius 3 is 0.892 bits per heavy atom. The van der Waals surface area contributed by atoms with Gasteiger partial charge in [0, 0.05) is 169 Å². The Bertz CT molecular complexity index is 4650. The number of nitrogens with two attached hydrogens (primary N) is 2. The lowest BCUT2D eigenvalue weighted by atomic mass is 10.2. The van der Waals surface area contributed by atoms with E-state index < -0.39 is 19.7 Å². The zero-order chi connectivity index (χ0) is 70.7. The number of carbonyl (C=O) groups is 3. The molecular weight excluding hydrogens is 1400 g/mol. The number of carbonyl (C=O) groups excluding carboxylic acids is 3. The Kier molecular flexibility index (Phi) is 24.3. The molecule has 0 aliphatic carbocycles. The van der Waals surface area contributed by atoms with Crippen molar-refractivity contribution in [2.24, 2.45) is 0 Å². The zero-order valence-electron chi connectivity index (χ0n) is 53.7. The second kappa shape index (κ2) is 32.4. The van der Waals surface area contributed by atoms with Crippen molar-refractivity contribution < 1.29 is 34.1 Å². The maximum absolute atomic E-state index is 12.3. The van der Waals surface area contributed by atoms with Crippen molar-refractivity contribution in [2.75, 3.05) is 74.8 Å². The van der Waals surface area contributed by atoms with Crippen molar-refractivity contribution in [3.63, 3.8) is 0 Å².